The highest BCUT2D eigenvalue weighted by atomic mass is 32.1. The van der Waals surface area contributed by atoms with Gasteiger partial charge in [-0.05, 0) is 32.8 Å². The zero-order chi connectivity index (χ0) is 14.2. The lowest BCUT2D eigenvalue weighted by atomic mass is 9.99. The number of thiazole rings is 1. The third-order valence-corrected chi connectivity index (χ3v) is 5.01. The standard InChI is InChI=1S/C16H25N2S/c1-7-9-13-11(3)16-15(19-12(4)17-16)10-14(13)18(5,6)8-2/h10H,7-9H2,1-6H3/q+1. The fraction of sp³-hybridized carbons (Fsp3) is 0.562. The van der Waals surface area contributed by atoms with Gasteiger partial charge in [0.2, 0.25) is 0 Å². The van der Waals surface area contributed by atoms with Gasteiger partial charge in [0.1, 0.15) is 5.69 Å². The summed E-state index contributed by atoms with van der Waals surface area (Å²) >= 11 is 1.81. The van der Waals surface area contributed by atoms with Crippen molar-refractivity contribution in [3.05, 3.63) is 22.2 Å². The molecule has 0 spiro atoms. The number of hydrogen-bond donors (Lipinski definition) is 0. The van der Waals surface area contributed by atoms with E-state index >= 15 is 0 Å². The average molecular weight is 277 g/mol. The molecule has 0 saturated carbocycles. The first kappa shape index (κ1) is 14.5. The largest absolute Gasteiger partial charge is 0.296 e. The highest BCUT2D eigenvalue weighted by Gasteiger charge is 2.24. The first-order valence-electron chi connectivity index (χ1n) is 7.13. The Hall–Kier alpha value is -0.930. The van der Waals surface area contributed by atoms with E-state index in [1.165, 1.54) is 38.5 Å². The van der Waals surface area contributed by atoms with E-state index in [9.17, 15) is 0 Å². The predicted molar refractivity (Wildman–Crippen MR) is 87.3 cm³/mol. The molecular formula is C16H25N2S+. The van der Waals surface area contributed by atoms with Gasteiger partial charge in [-0.3, -0.25) is 4.48 Å². The number of hydrogen-bond acceptors (Lipinski definition) is 2. The second kappa shape index (κ2) is 5.22. The molecule has 0 saturated heterocycles. The Labute approximate surface area is 120 Å². The normalized spacial score (nSPS) is 12.3. The van der Waals surface area contributed by atoms with Crippen molar-refractivity contribution in [1.82, 2.24) is 9.47 Å². The third kappa shape index (κ3) is 2.54. The van der Waals surface area contributed by atoms with Crippen LogP contribution in [0, 0.1) is 13.8 Å². The van der Waals surface area contributed by atoms with Gasteiger partial charge in [0.25, 0.3) is 0 Å². The molecule has 0 aliphatic carbocycles. The number of nitrogens with zero attached hydrogens (tertiary/aromatic N) is 2. The molecule has 0 amide bonds. The van der Waals surface area contributed by atoms with E-state index in [4.69, 9.17) is 4.98 Å². The lowest BCUT2D eigenvalue weighted by Gasteiger charge is -2.30. The van der Waals surface area contributed by atoms with Crippen molar-refractivity contribution in [1.29, 1.82) is 0 Å². The summed E-state index contributed by atoms with van der Waals surface area (Å²) in [5, 5.41) is 1.17. The van der Waals surface area contributed by atoms with Gasteiger partial charge in [0, 0.05) is 11.6 Å². The summed E-state index contributed by atoms with van der Waals surface area (Å²) in [5.41, 5.74) is 5.58. The number of fused-ring (bicyclic) bond motifs is 1. The average Bonchev–Trinajstić information content (AvgIpc) is 2.73. The van der Waals surface area contributed by atoms with Crippen LogP contribution in [0.2, 0.25) is 0 Å². The van der Waals surface area contributed by atoms with Crippen LogP contribution in [0.25, 0.3) is 10.2 Å². The van der Waals surface area contributed by atoms with Crippen LogP contribution in [0.3, 0.4) is 0 Å². The van der Waals surface area contributed by atoms with Crippen LogP contribution in [0.5, 0.6) is 0 Å². The zero-order valence-electron chi connectivity index (χ0n) is 13.0. The molecule has 1 aromatic carbocycles. The highest BCUT2D eigenvalue weighted by Crippen LogP contribution is 2.36. The van der Waals surface area contributed by atoms with Crippen molar-refractivity contribution in [3.8, 4) is 0 Å². The van der Waals surface area contributed by atoms with E-state index < -0.39 is 0 Å². The van der Waals surface area contributed by atoms with Crippen LogP contribution < -0.4 is 4.48 Å². The van der Waals surface area contributed by atoms with Crippen LogP contribution in [-0.4, -0.2) is 25.6 Å². The fourth-order valence-corrected chi connectivity index (χ4v) is 3.55. The molecule has 0 aliphatic heterocycles. The second-order valence-corrected chi connectivity index (χ2v) is 7.06. The Morgan fingerprint density at radius 2 is 1.89 bits per heavy atom. The number of rotatable bonds is 4. The minimum Gasteiger partial charge on any atom is -0.296 e. The number of aryl methyl sites for hydroxylation is 2. The Bertz CT molecular complexity index is 596. The predicted octanol–water partition coefficient (Wildman–Crippen LogP) is 4.45. The maximum Gasteiger partial charge on any atom is 0.137 e. The maximum absolute atomic E-state index is 4.72. The molecule has 2 rings (SSSR count). The van der Waals surface area contributed by atoms with Crippen LogP contribution in [-0.2, 0) is 6.42 Å². The van der Waals surface area contributed by atoms with Crippen molar-refractivity contribution in [3.63, 3.8) is 0 Å². The summed E-state index contributed by atoms with van der Waals surface area (Å²) in [4.78, 5) is 4.72. The molecular weight excluding hydrogens is 252 g/mol. The molecule has 1 heterocycles. The Kier molecular flexibility index (Phi) is 3.98. The quantitative estimate of drug-likeness (QED) is 0.752. The Morgan fingerprint density at radius 3 is 2.47 bits per heavy atom. The molecule has 0 atom stereocenters. The molecule has 1 aromatic heterocycles. The number of quaternary nitrogens is 1. The molecule has 0 fully saturated rings. The van der Waals surface area contributed by atoms with Gasteiger partial charge in [-0.25, -0.2) is 4.98 Å². The molecule has 104 valence electrons. The smallest absolute Gasteiger partial charge is 0.137 e. The zero-order valence-corrected chi connectivity index (χ0v) is 13.8. The van der Waals surface area contributed by atoms with Crippen molar-refractivity contribution in [2.24, 2.45) is 0 Å². The van der Waals surface area contributed by atoms with Crippen molar-refractivity contribution in [2.75, 3.05) is 20.6 Å². The molecule has 0 radical (unpaired) electrons. The second-order valence-electron chi connectivity index (χ2n) is 5.83. The molecule has 2 nitrogen and oxygen atoms in total. The summed E-state index contributed by atoms with van der Waals surface area (Å²) in [7, 11) is 4.60. The van der Waals surface area contributed by atoms with Gasteiger partial charge in [0.15, 0.2) is 0 Å². The maximum atomic E-state index is 4.72. The Morgan fingerprint density at radius 1 is 1.21 bits per heavy atom. The molecule has 0 N–H and O–H groups in total. The first-order valence-corrected chi connectivity index (χ1v) is 7.95. The van der Waals surface area contributed by atoms with Crippen LogP contribution in [0.15, 0.2) is 6.07 Å². The van der Waals surface area contributed by atoms with E-state index in [-0.39, 0.29) is 0 Å². The van der Waals surface area contributed by atoms with Crippen LogP contribution >= 0.6 is 11.3 Å². The number of aromatic nitrogens is 1. The molecule has 2 aromatic rings. The fourth-order valence-electron chi connectivity index (χ4n) is 2.63. The van der Waals surface area contributed by atoms with E-state index in [2.05, 4.69) is 47.9 Å². The van der Waals surface area contributed by atoms with E-state index in [1.54, 1.807) is 0 Å². The summed E-state index contributed by atoms with van der Waals surface area (Å²) in [6, 6.07) is 2.38. The van der Waals surface area contributed by atoms with Gasteiger partial charge >= 0.3 is 0 Å². The third-order valence-electron chi connectivity index (χ3n) is 4.09. The van der Waals surface area contributed by atoms with Gasteiger partial charge in [-0.1, -0.05) is 13.3 Å². The SMILES string of the molecule is CCCc1c([N+](C)(C)CC)cc2sc(C)nc2c1C. The summed E-state index contributed by atoms with van der Waals surface area (Å²) in [6.07, 6.45) is 2.33. The highest BCUT2D eigenvalue weighted by molar-refractivity contribution is 7.18. The monoisotopic (exact) mass is 277 g/mol. The minimum absolute atomic E-state index is 0.947. The summed E-state index contributed by atoms with van der Waals surface area (Å²) < 4.78 is 2.28. The van der Waals surface area contributed by atoms with E-state index in [1.807, 2.05) is 11.3 Å². The summed E-state index contributed by atoms with van der Waals surface area (Å²) in [6.45, 7) is 9.97. The van der Waals surface area contributed by atoms with Crippen molar-refractivity contribution < 1.29 is 0 Å². The lowest BCUT2D eigenvalue weighted by Crippen LogP contribution is -2.40. The van der Waals surface area contributed by atoms with Crippen LogP contribution in [0.4, 0.5) is 5.69 Å². The lowest BCUT2D eigenvalue weighted by molar-refractivity contribution is 0.417. The van der Waals surface area contributed by atoms with Gasteiger partial charge in [0.05, 0.1) is 35.9 Å². The van der Waals surface area contributed by atoms with E-state index in [0.29, 0.717) is 0 Å². The summed E-state index contributed by atoms with van der Waals surface area (Å²) in [5.74, 6) is 0. The first-order chi connectivity index (χ1) is 8.90. The molecule has 3 heteroatoms. The van der Waals surface area contributed by atoms with Crippen LogP contribution in [0.1, 0.15) is 36.4 Å². The van der Waals surface area contributed by atoms with E-state index in [0.717, 1.165) is 17.4 Å². The Balaban J connectivity index is 2.76. The molecule has 19 heavy (non-hydrogen) atoms. The van der Waals surface area contributed by atoms with Crippen molar-refractivity contribution >= 4 is 27.2 Å². The van der Waals surface area contributed by atoms with Gasteiger partial charge < -0.3 is 0 Å². The topological polar surface area (TPSA) is 12.9 Å². The minimum atomic E-state index is 0.947. The van der Waals surface area contributed by atoms with Gasteiger partial charge in [-0.2, -0.15) is 0 Å². The van der Waals surface area contributed by atoms with Gasteiger partial charge in [-0.15, -0.1) is 11.3 Å². The number of benzene rings is 1. The molecule has 0 bridgehead atoms. The molecule has 0 aliphatic rings. The molecule has 0 unspecified atom stereocenters. The van der Waals surface area contributed by atoms with Crippen molar-refractivity contribution in [2.45, 2.75) is 40.5 Å².